The van der Waals surface area contributed by atoms with Crippen LogP contribution >= 0.6 is 0 Å². The van der Waals surface area contributed by atoms with E-state index >= 15 is 0 Å². The van der Waals surface area contributed by atoms with Gasteiger partial charge in [-0.3, -0.25) is 4.79 Å². The zero-order valence-corrected chi connectivity index (χ0v) is 12.2. The van der Waals surface area contributed by atoms with E-state index in [0.29, 0.717) is 6.42 Å². The molecule has 2 nitrogen and oxygen atoms in total. The van der Waals surface area contributed by atoms with Crippen molar-refractivity contribution in [1.82, 2.24) is 0 Å². The van der Waals surface area contributed by atoms with Crippen LogP contribution in [0.2, 0.25) is 0 Å². The van der Waals surface area contributed by atoms with Crippen molar-refractivity contribution in [3.63, 3.8) is 0 Å². The van der Waals surface area contributed by atoms with E-state index in [4.69, 9.17) is 0 Å². The van der Waals surface area contributed by atoms with Gasteiger partial charge in [-0.25, -0.2) is 0 Å². The van der Waals surface area contributed by atoms with Crippen LogP contribution in [0.5, 0.6) is 0 Å². The molecule has 0 aliphatic heterocycles. The summed E-state index contributed by atoms with van der Waals surface area (Å²) in [6.45, 7) is 6.03. The third-order valence-corrected chi connectivity index (χ3v) is 3.93. The lowest BCUT2D eigenvalue weighted by molar-refractivity contribution is -0.138. The highest BCUT2D eigenvalue weighted by Gasteiger charge is 2.24. The predicted octanol–water partition coefficient (Wildman–Crippen LogP) is 4.02. The van der Waals surface area contributed by atoms with Crippen LogP contribution in [-0.2, 0) is 11.2 Å². The number of carboxylic acid groups (broad SMARTS) is 1. The fourth-order valence-corrected chi connectivity index (χ4v) is 2.67. The molecule has 0 amide bonds. The van der Waals surface area contributed by atoms with Crippen molar-refractivity contribution < 1.29 is 9.90 Å². The van der Waals surface area contributed by atoms with Gasteiger partial charge >= 0.3 is 5.97 Å². The second-order valence-electron chi connectivity index (χ2n) is 5.32. The van der Waals surface area contributed by atoms with E-state index in [1.54, 1.807) is 0 Å². The molecular formula is C18H20O2. The topological polar surface area (TPSA) is 37.3 Å². The smallest absolute Gasteiger partial charge is 0.311 e. The van der Waals surface area contributed by atoms with Gasteiger partial charge in [-0.1, -0.05) is 42.5 Å². The van der Waals surface area contributed by atoms with E-state index in [1.807, 2.05) is 57.2 Å². The minimum absolute atomic E-state index is 0.489. The molecule has 2 rings (SSSR count). The highest BCUT2D eigenvalue weighted by Crippen LogP contribution is 2.29. The van der Waals surface area contributed by atoms with Crippen LogP contribution in [0, 0.1) is 20.8 Å². The molecule has 2 heteroatoms. The van der Waals surface area contributed by atoms with E-state index in [0.717, 1.165) is 27.8 Å². The van der Waals surface area contributed by atoms with Gasteiger partial charge in [0.2, 0.25) is 0 Å². The summed E-state index contributed by atoms with van der Waals surface area (Å²) in [6.07, 6.45) is 0.529. The largest absolute Gasteiger partial charge is 0.481 e. The van der Waals surface area contributed by atoms with Crippen molar-refractivity contribution in [3.8, 4) is 0 Å². The van der Waals surface area contributed by atoms with Gasteiger partial charge in [0, 0.05) is 0 Å². The number of carboxylic acids is 1. The summed E-state index contributed by atoms with van der Waals surface area (Å²) in [5, 5.41) is 9.63. The van der Waals surface area contributed by atoms with E-state index in [-0.39, 0.29) is 0 Å². The van der Waals surface area contributed by atoms with Gasteiger partial charge in [-0.05, 0) is 55.0 Å². The monoisotopic (exact) mass is 268 g/mol. The number of carbonyl (C=O) groups is 1. The molecule has 0 heterocycles. The maximum absolute atomic E-state index is 11.7. The Kier molecular flexibility index (Phi) is 4.23. The maximum atomic E-state index is 11.7. The van der Waals surface area contributed by atoms with Crippen LogP contribution in [0.15, 0.2) is 42.5 Å². The Bertz CT molecular complexity index is 615. The summed E-state index contributed by atoms with van der Waals surface area (Å²) in [5.74, 6) is -1.25. The Morgan fingerprint density at radius 2 is 1.60 bits per heavy atom. The molecule has 104 valence electrons. The molecule has 1 N–H and O–H groups in total. The van der Waals surface area contributed by atoms with Crippen molar-refractivity contribution in [3.05, 3.63) is 70.3 Å². The van der Waals surface area contributed by atoms with Gasteiger partial charge in [0.1, 0.15) is 0 Å². The fraction of sp³-hybridized carbons (Fsp3) is 0.278. The molecule has 20 heavy (non-hydrogen) atoms. The first-order chi connectivity index (χ1) is 9.50. The molecule has 1 atom stereocenters. The van der Waals surface area contributed by atoms with Gasteiger partial charge in [0.25, 0.3) is 0 Å². The van der Waals surface area contributed by atoms with Gasteiger partial charge in [0.05, 0.1) is 5.92 Å². The summed E-state index contributed by atoms with van der Waals surface area (Å²) in [6, 6.07) is 13.9. The molecule has 1 unspecified atom stereocenters. The second-order valence-corrected chi connectivity index (χ2v) is 5.32. The van der Waals surface area contributed by atoms with Gasteiger partial charge in [-0.2, -0.15) is 0 Å². The number of aliphatic carboxylic acids is 1. The lowest BCUT2D eigenvalue weighted by Crippen LogP contribution is -2.17. The fourth-order valence-electron chi connectivity index (χ4n) is 2.67. The molecule has 0 aliphatic rings. The minimum Gasteiger partial charge on any atom is -0.481 e. The van der Waals surface area contributed by atoms with E-state index in [1.165, 1.54) is 0 Å². The molecule has 0 saturated heterocycles. The third-order valence-electron chi connectivity index (χ3n) is 3.93. The third kappa shape index (κ3) is 2.90. The Hall–Kier alpha value is -2.09. The predicted molar refractivity (Wildman–Crippen MR) is 81.2 cm³/mol. The lowest BCUT2D eigenvalue weighted by Gasteiger charge is -2.19. The highest BCUT2D eigenvalue weighted by molar-refractivity contribution is 5.78. The average Bonchev–Trinajstić information content (AvgIpc) is 2.43. The molecule has 0 aliphatic carbocycles. The zero-order chi connectivity index (χ0) is 14.7. The molecule has 0 fully saturated rings. The van der Waals surface area contributed by atoms with Crippen molar-refractivity contribution in [2.24, 2.45) is 0 Å². The Labute approximate surface area is 120 Å². The van der Waals surface area contributed by atoms with Crippen LogP contribution in [0.1, 0.15) is 33.7 Å². The van der Waals surface area contributed by atoms with Gasteiger partial charge in [0.15, 0.2) is 0 Å². The molecule has 2 aromatic carbocycles. The summed E-state index contributed by atoms with van der Waals surface area (Å²) < 4.78 is 0. The first kappa shape index (κ1) is 14.3. The lowest BCUT2D eigenvalue weighted by atomic mass is 9.85. The molecule has 0 radical (unpaired) electrons. The summed E-state index contributed by atoms with van der Waals surface area (Å²) in [7, 11) is 0. The quantitative estimate of drug-likeness (QED) is 0.909. The van der Waals surface area contributed by atoms with Crippen LogP contribution in [-0.4, -0.2) is 11.1 Å². The standard InChI is InChI=1S/C18H20O2/c1-12-9-10-13(2)17(14(12)3)16(18(19)20)11-15-7-5-4-6-8-15/h4-10,16H,11H2,1-3H3,(H,19,20). The van der Waals surface area contributed by atoms with Crippen molar-refractivity contribution in [2.45, 2.75) is 33.1 Å². The normalized spacial score (nSPS) is 12.2. The van der Waals surface area contributed by atoms with Crippen LogP contribution in [0.4, 0.5) is 0 Å². The van der Waals surface area contributed by atoms with Crippen molar-refractivity contribution >= 4 is 5.97 Å². The molecule has 0 aromatic heterocycles. The Balaban J connectivity index is 2.45. The molecule has 0 spiro atoms. The number of rotatable bonds is 4. The number of aryl methyl sites for hydroxylation is 2. The van der Waals surface area contributed by atoms with Crippen LogP contribution < -0.4 is 0 Å². The van der Waals surface area contributed by atoms with Gasteiger partial charge < -0.3 is 5.11 Å². The number of hydrogen-bond donors (Lipinski definition) is 1. The second kappa shape index (κ2) is 5.91. The Morgan fingerprint density at radius 1 is 1.00 bits per heavy atom. The first-order valence-corrected chi connectivity index (χ1v) is 6.84. The summed E-state index contributed by atoms with van der Waals surface area (Å²) in [5.41, 5.74) is 5.30. The molecule has 2 aromatic rings. The summed E-state index contributed by atoms with van der Waals surface area (Å²) in [4.78, 5) is 11.7. The average molecular weight is 268 g/mol. The minimum atomic E-state index is -0.759. The van der Waals surface area contributed by atoms with E-state index in [9.17, 15) is 9.90 Å². The number of hydrogen-bond acceptors (Lipinski definition) is 1. The van der Waals surface area contributed by atoms with E-state index in [2.05, 4.69) is 6.07 Å². The van der Waals surface area contributed by atoms with Crippen molar-refractivity contribution in [1.29, 1.82) is 0 Å². The molecule has 0 saturated carbocycles. The molecular weight excluding hydrogens is 248 g/mol. The summed E-state index contributed by atoms with van der Waals surface area (Å²) >= 11 is 0. The van der Waals surface area contributed by atoms with Gasteiger partial charge in [-0.15, -0.1) is 0 Å². The molecule has 0 bridgehead atoms. The van der Waals surface area contributed by atoms with E-state index < -0.39 is 11.9 Å². The highest BCUT2D eigenvalue weighted by atomic mass is 16.4. The number of benzene rings is 2. The van der Waals surface area contributed by atoms with Crippen LogP contribution in [0.25, 0.3) is 0 Å². The maximum Gasteiger partial charge on any atom is 0.311 e. The van der Waals surface area contributed by atoms with Crippen molar-refractivity contribution in [2.75, 3.05) is 0 Å². The first-order valence-electron chi connectivity index (χ1n) is 6.84. The SMILES string of the molecule is Cc1ccc(C)c(C(Cc2ccccc2)C(=O)O)c1C. The Morgan fingerprint density at radius 3 is 2.20 bits per heavy atom. The zero-order valence-electron chi connectivity index (χ0n) is 12.2. The van der Waals surface area contributed by atoms with Crippen LogP contribution in [0.3, 0.4) is 0 Å².